The van der Waals surface area contributed by atoms with Gasteiger partial charge in [0.15, 0.2) is 0 Å². The molecule has 1 aromatic heterocycles. The van der Waals surface area contributed by atoms with Crippen molar-refractivity contribution in [1.82, 2.24) is 20.2 Å². The molecule has 11 heteroatoms. The first-order chi connectivity index (χ1) is 16.5. The van der Waals surface area contributed by atoms with E-state index in [1.807, 2.05) is 13.8 Å². The number of aromatic nitrogens is 4. The van der Waals surface area contributed by atoms with Crippen molar-refractivity contribution in [3.8, 4) is 0 Å². The van der Waals surface area contributed by atoms with Gasteiger partial charge in [-0.25, -0.2) is 4.68 Å². The molecule has 0 bridgehead atoms. The Bertz CT molecular complexity index is 911. The van der Waals surface area contributed by atoms with Crippen LogP contribution in [0.3, 0.4) is 0 Å². The zero-order valence-corrected chi connectivity index (χ0v) is 22.5. The fourth-order valence-corrected chi connectivity index (χ4v) is 2.48. The number of tetrazole rings is 1. The number of hydrogen-bond donors (Lipinski definition) is 0. The van der Waals surface area contributed by atoms with E-state index in [1.165, 1.54) is 0 Å². The lowest BCUT2D eigenvalue weighted by Crippen LogP contribution is -2.15. The molecule has 4 heterocycles. The molecule has 0 unspecified atom stereocenters. The second kappa shape index (κ2) is 15.6. The maximum absolute atomic E-state index is 4.94. The average molecular weight is 488 g/mol. The van der Waals surface area contributed by atoms with Crippen LogP contribution in [0, 0.1) is 17.8 Å². The third-order valence-electron chi connectivity index (χ3n) is 4.91. The highest BCUT2D eigenvalue weighted by molar-refractivity contribution is 5.89. The molecule has 0 spiro atoms. The highest BCUT2D eigenvalue weighted by atomic mass is 16.6. The molecule has 3 aliphatic rings. The number of hydrogen-bond acceptors (Lipinski definition) is 10. The Morgan fingerprint density at radius 1 is 0.857 bits per heavy atom. The summed E-state index contributed by atoms with van der Waals surface area (Å²) in [6.45, 7) is 25.4. The summed E-state index contributed by atoms with van der Waals surface area (Å²) in [5, 5.41) is 29.4. The highest BCUT2D eigenvalue weighted by Crippen LogP contribution is 2.16. The summed E-state index contributed by atoms with van der Waals surface area (Å²) in [6, 6.07) is 0.366. The van der Waals surface area contributed by atoms with Gasteiger partial charge >= 0.3 is 0 Å². The van der Waals surface area contributed by atoms with Gasteiger partial charge in [-0.3, -0.25) is 0 Å². The molecule has 0 aliphatic carbocycles. The van der Waals surface area contributed by atoms with E-state index in [9.17, 15) is 0 Å². The van der Waals surface area contributed by atoms with Gasteiger partial charge in [-0.2, -0.15) is 5.11 Å². The van der Waals surface area contributed by atoms with E-state index in [2.05, 4.69) is 96.0 Å². The molecular weight excluding hydrogens is 446 g/mol. The van der Waals surface area contributed by atoms with Gasteiger partial charge in [0.2, 0.25) is 0 Å². The van der Waals surface area contributed by atoms with Gasteiger partial charge in [-0.05, 0) is 52.8 Å². The van der Waals surface area contributed by atoms with E-state index in [0.29, 0.717) is 36.9 Å². The number of allylic oxidation sites excluding steroid dienone is 1. The van der Waals surface area contributed by atoms with Crippen molar-refractivity contribution in [2.24, 2.45) is 43.5 Å². The van der Waals surface area contributed by atoms with Crippen LogP contribution in [0.5, 0.6) is 0 Å². The minimum Gasteiger partial charge on any atom is -0.391 e. The third-order valence-corrected chi connectivity index (χ3v) is 4.91. The van der Waals surface area contributed by atoms with Crippen LogP contribution in [0.25, 0.3) is 0 Å². The second-order valence-corrected chi connectivity index (χ2v) is 9.50. The summed E-state index contributed by atoms with van der Waals surface area (Å²) in [5.74, 6) is 2.24. The lowest BCUT2D eigenvalue weighted by molar-refractivity contribution is 0.156. The number of nitrogens with zero attached hydrogens (tertiary/aromatic N) is 9. The number of rotatable bonds is 4. The monoisotopic (exact) mass is 487 g/mol. The molecule has 0 fully saturated rings. The maximum atomic E-state index is 4.94. The minimum absolute atomic E-state index is 0.366. The topological polar surface area (TPSA) is 124 Å². The van der Waals surface area contributed by atoms with Crippen molar-refractivity contribution in [3.63, 3.8) is 0 Å². The summed E-state index contributed by atoms with van der Waals surface area (Å²) in [7, 11) is 0. The highest BCUT2D eigenvalue weighted by Gasteiger charge is 2.14. The Morgan fingerprint density at radius 3 is 1.77 bits per heavy atom. The van der Waals surface area contributed by atoms with Crippen LogP contribution in [0.15, 0.2) is 56.6 Å². The van der Waals surface area contributed by atoms with Gasteiger partial charge in [-0.1, -0.05) is 65.0 Å². The summed E-state index contributed by atoms with van der Waals surface area (Å²) in [4.78, 5) is 9.76. The Morgan fingerprint density at radius 2 is 1.49 bits per heavy atom. The second-order valence-electron chi connectivity index (χ2n) is 9.50. The van der Waals surface area contributed by atoms with E-state index in [-0.39, 0.29) is 0 Å². The van der Waals surface area contributed by atoms with Crippen molar-refractivity contribution >= 4 is 17.1 Å². The summed E-state index contributed by atoms with van der Waals surface area (Å²) in [5.41, 5.74) is 4.42. The van der Waals surface area contributed by atoms with E-state index in [0.717, 1.165) is 41.3 Å². The first-order valence-corrected chi connectivity index (χ1v) is 11.9. The van der Waals surface area contributed by atoms with Crippen LogP contribution in [0.1, 0.15) is 74.3 Å². The van der Waals surface area contributed by atoms with Gasteiger partial charge in [0.25, 0.3) is 0 Å². The molecule has 194 valence electrons. The van der Waals surface area contributed by atoms with Crippen molar-refractivity contribution in [2.45, 2.75) is 74.3 Å². The van der Waals surface area contributed by atoms with E-state index in [1.54, 1.807) is 11.0 Å². The quantitative estimate of drug-likeness (QED) is 0.509. The van der Waals surface area contributed by atoms with Crippen molar-refractivity contribution in [1.29, 1.82) is 0 Å². The van der Waals surface area contributed by atoms with Crippen molar-refractivity contribution in [3.05, 3.63) is 30.8 Å². The van der Waals surface area contributed by atoms with Gasteiger partial charge in [0.1, 0.15) is 25.2 Å². The molecular formula is C24H41N9O2. The lowest BCUT2D eigenvalue weighted by atomic mass is 10.0. The summed E-state index contributed by atoms with van der Waals surface area (Å²) < 4.78 is 1.69. The molecule has 11 nitrogen and oxygen atoms in total. The fourth-order valence-electron chi connectivity index (χ4n) is 2.48. The van der Waals surface area contributed by atoms with Gasteiger partial charge in [-0.15, -0.1) is 10.2 Å². The maximum Gasteiger partial charge on any atom is 0.138 e. The van der Waals surface area contributed by atoms with E-state index in [4.69, 9.17) is 9.68 Å². The molecule has 4 rings (SSSR count). The molecule has 0 saturated carbocycles. The Kier molecular flexibility index (Phi) is 13.3. The predicted molar refractivity (Wildman–Crippen MR) is 139 cm³/mol. The van der Waals surface area contributed by atoms with E-state index >= 15 is 0 Å². The summed E-state index contributed by atoms with van der Waals surface area (Å²) >= 11 is 0. The van der Waals surface area contributed by atoms with Crippen LogP contribution >= 0.6 is 0 Å². The Balaban J connectivity index is 0.000000234. The molecule has 1 aromatic rings. The fraction of sp³-hybridized carbons (Fsp3) is 0.667. The first kappa shape index (κ1) is 29.8. The van der Waals surface area contributed by atoms with Gasteiger partial charge < -0.3 is 9.68 Å². The van der Waals surface area contributed by atoms with Crippen LogP contribution in [0.2, 0.25) is 0 Å². The average Bonchev–Trinajstić information content (AvgIpc) is 3.57. The molecule has 0 N–H and O–H groups in total. The molecule has 3 aliphatic heterocycles. The molecule has 0 aromatic carbocycles. The lowest BCUT2D eigenvalue weighted by Gasteiger charge is -2.15. The zero-order chi connectivity index (χ0) is 26.4. The Hall–Kier alpha value is -3.24. The summed E-state index contributed by atoms with van der Waals surface area (Å²) in [6.07, 6.45) is 3.33. The van der Waals surface area contributed by atoms with Crippen LogP contribution in [-0.4, -0.2) is 50.5 Å². The van der Waals surface area contributed by atoms with Crippen LogP contribution in [-0.2, 0) is 9.68 Å². The van der Waals surface area contributed by atoms with Gasteiger partial charge in [0.05, 0.1) is 17.1 Å². The third kappa shape index (κ3) is 12.2. The minimum atomic E-state index is 0.366. The molecule has 35 heavy (non-hydrogen) atoms. The zero-order valence-electron chi connectivity index (χ0n) is 22.5. The van der Waals surface area contributed by atoms with Crippen molar-refractivity contribution in [2.75, 3.05) is 13.2 Å². The van der Waals surface area contributed by atoms with E-state index < -0.39 is 0 Å². The normalized spacial score (nSPS) is 16.4. The largest absolute Gasteiger partial charge is 0.391 e. The van der Waals surface area contributed by atoms with Gasteiger partial charge in [0, 0.05) is 18.9 Å². The molecule has 0 amide bonds. The molecule has 0 atom stereocenters. The first-order valence-electron chi connectivity index (χ1n) is 11.9. The predicted octanol–water partition coefficient (Wildman–Crippen LogP) is 5.63. The van der Waals surface area contributed by atoms with Crippen molar-refractivity contribution < 1.29 is 9.68 Å². The SMILES string of the molecule is C=C1CC(C(C)C)=NO1.C=C1CON=C(C(C)C)C1.CC(C)C1=NN=NC1.CC(C)n1cnnn1. The standard InChI is InChI=1S/C8H13NO.C7H11NO.C5H9N3.C4H8N4/c1-6(2)8-4-7(3)5-10-9-8;1-5(2)7-4-6(3)9-8-7;1-4(2)5-3-6-8-7-5;1-4(2)8-3-5-6-7-8/h6H,3-5H2,1-2H3;5H,3-4H2,1-2H3;4H,3H2,1-2H3;3-4H,1-2H3. The van der Waals surface area contributed by atoms with Crippen LogP contribution < -0.4 is 0 Å². The molecule has 0 radical (unpaired) electrons. The number of oxime groups is 2. The van der Waals surface area contributed by atoms with Crippen LogP contribution in [0.4, 0.5) is 0 Å². The Labute approximate surface area is 209 Å². The smallest absolute Gasteiger partial charge is 0.138 e. The molecule has 0 saturated heterocycles.